The van der Waals surface area contributed by atoms with Crippen molar-refractivity contribution in [1.82, 2.24) is 5.32 Å². The highest BCUT2D eigenvalue weighted by Gasteiger charge is 2.27. The molecule has 0 aliphatic heterocycles. The quantitative estimate of drug-likeness (QED) is 0.357. The van der Waals surface area contributed by atoms with E-state index in [1.807, 2.05) is 42.5 Å². The maximum atomic E-state index is 13.4. The van der Waals surface area contributed by atoms with Crippen LogP contribution in [0.1, 0.15) is 5.56 Å². The first-order valence-corrected chi connectivity index (χ1v) is 12.3. The topological polar surface area (TPSA) is 66.5 Å². The number of carbonyl (C=O) groups is 1. The Hall–Kier alpha value is -3.06. The van der Waals surface area contributed by atoms with Gasteiger partial charge in [0.15, 0.2) is 0 Å². The molecule has 0 heterocycles. The standard InChI is InChI=1S/C25H20Cl2N2O3S/c26-23-14-13-20(15-24(23)27)29(33(31,32)21-10-2-1-3-11-21)17-25(30)28-16-19-9-6-8-18-7-4-5-12-22(18)19/h1-15H,16-17H2,(H,28,30). The molecule has 4 rings (SSSR count). The number of rotatable bonds is 7. The number of carbonyl (C=O) groups excluding carboxylic acids is 1. The number of nitrogens with one attached hydrogen (secondary N) is 1. The number of benzene rings is 4. The van der Waals surface area contributed by atoms with E-state index in [2.05, 4.69) is 5.32 Å². The Morgan fingerprint density at radius 2 is 1.52 bits per heavy atom. The number of sulfonamides is 1. The van der Waals surface area contributed by atoms with Gasteiger partial charge >= 0.3 is 0 Å². The van der Waals surface area contributed by atoms with Gasteiger partial charge in [-0.3, -0.25) is 9.10 Å². The summed E-state index contributed by atoms with van der Waals surface area (Å²) in [6.45, 7) is -0.152. The van der Waals surface area contributed by atoms with Crippen molar-refractivity contribution >= 4 is 55.6 Å². The molecule has 0 saturated heterocycles. The summed E-state index contributed by atoms with van der Waals surface area (Å²) in [5.41, 5.74) is 1.18. The third-order valence-corrected chi connectivity index (χ3v) is 7.69. The monoisotopic (exact) mass is 498 g/mol. The molecule has 0 unspecified atom stereocenters. The lowest BCUT2D eigenvalue weighted by Crippen LogP contribution is -2.40. The Balaban J connectivity index is 1.61. The maximum absolute atomic E-state index is 13.4. The van der Waals surface area contributed by atoms with E-state index in [0.717, 1.165) is 20.6 Å². The van der Waals surface area contributed by atoms with Gasteiger partial charge in [-0.2, -0.15) is 0 Å². The van der Waals surface area contributed by atoms with Crippen LogP contribution in [0.2, 0.25) is 10.0 Å². The van der Waals surface area contributed by atoms with Gasteiger partial charge in [0.1, 0.15) is 6.54 Å². The zero-order valence-corrected chi connectivity index (χ0v) is 19.7. The van der Waals surface area contributed by atoms with Crippen molar-refractivity contribution in [3.8, 4) is 0 Å². The van der Waals surface area contributed by atoms with Crippen LogP contribution in [-0.2, 0) is 21.4 Å². The van der Waals surface area contributed by atoms with Crippen LogP contribution in [0.15, 0.2) is 95.9 Å². The molecule has 1 N–H and O–H groups in total. The first-order valence-electron chi connectivity index (χ1n) is 10.1. The minimum atomic E-state index is -4.03. The molecule has 0 spiro atoms. The van der Waals surface area contributed by atoms with Crippen LogP contribution >= 0.6 is 23.2 Å². The molecule has 0 aliphatic rings. The van der Waals surface area contributed by atoms with Gasteiger partial charge in [0, 0.05) is 6.54 Å². The minimum Gasteiger partial charge on any atom is -0.350 e. The van der Waals surface area contributed by atoms with Gasteiger partial charge in [0.05, 0.1) is 20.6 Å². The van der Waals surface area contributed by atoms with Crippen molar-refractivity contribution in [2.24, 2.45) is 0 Å². The van der Waals surface area contributed by atoms with Crippen LogP contribution in [0.5, 0.6) is 0 Å². The molecule has 0 bridgehead atoms. The van der Waals surface area contributed by atoms with E-state index in [9.17, 15) is 13.2 Å². The van der Waals surface area contributed by atoms with E-state index in [0.29, 0.717) is 0 Å². The zero-order chi connectivity index (χ0) is 23.4. The fraction of sp³-hybridized carbons (Fsp3) is 0.0800. The molecule has 0 saturated carbocycles. The Morgan fingerprint density at radius 1 is 0.818 bits per heavy atom. The van der Waals surface area contributed by atoms with Crippen molar-refractivity contribution in [3.05, 3.63) is 107 Å². The number of nitrogens with zero attached hydrogens (tertiary/aromatic N) is 1. The number of anilines is 1. The summed E-state index contributed by atoms with van der Waals surface area (Å²) in [7, 11) is -4.03. The fourth-order valence-corrected chi connectivity index (χ4v) is 5.23. The summed E-state index contributed by atoms with van der Waals surface area (Å²) in [4.78, 5) is 13.0. The normalized spacial score (nSPS) is 11.3. The summed E-state index contributed by atoms with van der Waals surface area (Å²) in [5, 5.41) is 5.41. The van der Waals surface area contributed by atoms with E-state index in [1.54, 1.807) is 18.2 Å². The predicted molar refractivity (Wildman–Crippen MR) is 133 cm³/mol. The number of fused-ring (bicyclic) bond motifs is 1. The molecule has 4 aromatic carbocycles. The molecular formula is C25H20Cl2N2O3S. The van der Waals surface area contributed by atoms with Gasteiger partial charge < -0.3 is 5.32 Å². The van der Waals surface area contributed by atoms with E-state index in [1.165, 1.54) is 30.3 Å². The van der Waals surface area contributed by atoms with Crippen molar-refractivity contribution < 1.29 is 13.2 Å². The van der Waals surface area contributed by atoms with E-state index in [4.69, 9.17) is 23.2 Å². The second kappa shape index (κ2) is 9.83. The Labute approximate surface area is 202 Å². The molecule has 33 heavy (non-hydrogen) atoms. The largest absolute Gasteiger partial charge is 0.350 e. The van der Waals surface area contributed by atoms with Crippen LogP contribution in [-0.4, -0.2) is 20.9 Å². The molecule has 0 fully saturated rings. The third kappa shape index (κ3) is 5.14. The van der Waals surface area contributed by atoms with Crippen molar-refractivity contribution in [3.63, 3.8) is 0 Å². The van der Waals surface area contributed by atoms with Crippen LogP contribution < -0.4 is 9.62 Å². The van der Waals surface area contributed by atoms with E-state index < -0.39 is 22.5 Å². The van der Waals surface area contributed by atoms with Crippen molar-refractivity contribution in [2.75, 3.05) is 10.8 Å². The van der Waals surface area contributed by atoms with Gasteiger partial charge in [-0.15, -0.1) is 0 Å². The van der Waals surface area contributed by atoms with Gasteiger partial charge in [0.25, 0.3) is 10.0 Å². The summed E-state index contributed by atoms with van der Waals surface area (Å²) in [5.74, 6) is -0.450. The molecule has 5 nitrogen and oxygen atoms in total. The Bertz CT molecular complexity index is 1400. The first kappa shape index (κ1) is 23.1. The second-order valence-electron chi connectivity index (χ2n) is 7.34. The number of hydrogen-bond donors (Lipinski definition) is 1. The highest BCUT2D eigenvalue weighted by molar-refractivity contribution is 7.92. The Kier molecular flexibility index (Phi) is 6.88. The second-order valence-corrected chi connectivity index (χ2v) is 10.0. The smallest absolute Gasteiger partial charge is 0.264 e. The SMILES string of the molecule is O=C(CN(c1ccc(Cl)c(Cl)c1)S(=O)(=O)c1ccccc1)NCc1cccc2ccccc12. The zero-order valence-electron chi connectivity index (χ0n) is 17.4. The van der Waals surface area contributed by atoms with Crippen LogP contribution in [0.25, 0.3) is 10.8 Å². The van der Waals surface area contributed by atoms with Gasteiger partial charge in [-0.1, -0.05) is 83.9 Å². The average molecular weight is 499 g/mol. The van der Waals surface area contributed by atoms with Crippen LogP contribution in [0.4, 0.5) is 5.69 Å². The summed E-state index contributed by atoms with van der Waals surface area (Å²) < 4.78 is 27.8. The van der Waals surface area contributed by atoms with Gasteiger partial charge in [0.2, 0.25) is 5.91 Å². The van der Waals surface area contributed by atoms with Crippen molar-refractivity contribution in [1.29, 1.82) is 0 Å². The number of hydrogen-bond acceptors (Lipinski definition) is 3. The van der Waals surface area contributed by atoms with Crippen molar-refractivity contribution in [2.45, 2.75) is 11.4 Å². The lowest BCUT2D eigenvalue weighted by molar-refractivity contribution is -0.119. The lowest BCUT2D eigenvalue weighted by atomic mass is 10.0. The van der Waals surface area contributed by atoms with Crippen LogP contribution in [0, 0.1) is 0 Å². The molecular weight excluding hydrogens is 479 g/mol. The molecule has 168 valence electrons. The van der Waals surface area contributed by atoms with E-state index in [-0.39, 0.29) is 27.2 Å². The highest BCUT2D eigenvalue weighted by Crippen LogP contribution is 2.30. The molecule has 4 aromatic rings. The molecule has 1 amide bonds. The molecule has 0 aliphatic carbocycles. The average Bonchev–Trinajstić information content (AvgIpc) is 2.83. The highest BCUT2D eigenvalue weighted by atomic mass is 35.5. The molecule has 8 heteroatoms. The lowest BCUT2D eigenvalue weighted by Gasteiger charge is -2.24. The number of amides is 1. The van der Waals surface area contributed by atoms with Gasteiger partial charge in [-0.25, -0.2) is 8.42 Å². The summed E-state index contributed by atoms with van der Waals surface area (Å²) in [6.07, 6.45) is 0. The molecule has 0 radical (unpaired) electrons. The number of halogens is 2. The maximum Gasteiger partial charge on any atom is 0.264 e. The molecule has 0 atom stereocenters. The first-order chi connectivity index (χ1) is 15.9. The summed E-state index contributed by atoms with van der Waals surface area (Å²) >= 11 is 12.1. The Morgan fingerprint density at radius 3 is 2.27 bits per heavy atom. The minimum absolute atomic E-state index is 0.0675. The van der Waals surface area contributed by atoms with Crippen LogP contribution in [0.3, 0.4) is 0 Å². The fourth-order valence-electron chi connectivity index (χ4n) is 3.50. The molecule has 0 aromatic heterocycles. The summed E-state index contributed by atoms with van der Waals surface area (Å²) in [6, 6.07) is 26.1. The van der Waals surface area contributed by atoms with E-state index >= 15 is 0 Å². The third-order valence-electron chi connectivity index (χ3n) is 5.17. The van der Waals surface area contributed by atoms with Gasteiger partial charge in [-0.05, 0) is 46.7 Å². The predicted octanol–water partition coefficient (Wildman–Crippen LogP) is 5.66.